The van der Waals surface area contributed by atoms with E-state index < -0.39 is 12.4 Å². The highest BCUT2D eigenvalue weighted by Crippen LogP contribution is 2.38. The standard InChI is InChI=1S/C28H34N2O4/c1-19(27(32)22-7-4-3-5-8-22)30(2)17-25-16-26(21-13-11-20(18-31)12-14-21)34-28(33-25)23-9-6-10-24(29)15-23/h3-15,19,25-28,31-32H,16-18,29H2,1-2H3/t19-,25-,26+,27-,28+/m0/s1. The van der Waals surface area contributed by atoms with Gasteiger partial charge in [-0.05, 0) is 42.8 Å². The van der Waals surface area contributed by atoms with E-state index in [1.807, 2.05) is 92.8 Å². The van der Waals surface area contributed by atoms with Gasteiger partial charge in [0.25, 0.3) is 0 Å². The molecule has 3 aromatic rings. The van der Waals surface area contributed by atoms with Crippen LogP contribution in [0.15, 0.2) is 78.9 Å². The Labute approximate surface area is 201 Å². The number of rotatable bonds is 8. The van der Waals surface area contributed by atoms with Crippen LogP contribution in [0.4, 0.5) is 5.69 Å². The summed E-state index contributed by atoms with van der Waals surface area (Å²) in [5.74, 6) is 0. The zero-order valence-electron chi connectivity index (χ0n) is 19.7. The first-order valence-electron chi connectivity index (χ1n) is 11.7. The predicted molar refractivity (Wildman–Crippen MR) is 133 cm³/mol. The molecule has 1 aliphatic rings. The third-order valence-electron chi connectivity index (χ3n) is 6.58. The molecule has 4 N–H and O–H groups in total. The fraction of sp³-hybridized carbons (Fsp3) is 0.357. The smallest absolute Gasteiger partial charge is 0.185 e. The van der Waals surface area contributed by atoms with Gasteiger partial charge in [0.05, 0.1) is 24.9 Å². The van der Waals surface area contributed by atoms with E-state index in [4.69, 9.17) is 15.2 Å². The molecule has 3 aromatic carbocycles. The molecule has 1 heterocycles. The highest BCUT2D eigenvalue weighted by atomic mass is 16.7. The topological polar surface area (TPSA) is 88.2 Å². The van der Waals surface area contributed by atoms with Crippen molar-refractivity contribution >= 4 is 5.69 Å². The second kappa shape index (κ2) is 11.1. The Morgan fingerprint density at radius 1 is 0.971 bits per heavy atom. The van der Waals surface area contributed by atoms with Gasteiger partial charge >= 0.3 is 0 Å². The molecule has 0 unspecified atom stereocenters. The molecule has 0 aliphatic carbocycles. The maximum Gasteiger partial charge on any atom is 0.185 e. The van der Waals surface area contributed by atoms with Gasteiger partial charge in [0.1, 0.15) is 0 Å². The van der Waals surface area contributed by atoms with Gasteiger partial charge in [-0.25, -0.2) is 0 Å². The molecule has 0 amide bonds. The number of hydrogen-bond acceptors (Lipinski definition) is 6. The highest BCUT2D eigenvalue weighted by molar-refractivity contribution is 5.41. The average molecular weight is 463 g/mol. The van der Waals surface area contributed by atoms with Crippen molar-refractivity contribution in [3.8, 4) is 0 Å². The third-order valence-corrected chi connectivity index (χ3v) is 6.58. The molecule has 0 bridgehead atoms. The molecule has 4 rings (SSSR count). The SMILES string of the molecule is C[C@@H]([C@H](O)c1ccccc1)N(C)C[C@@H]1C[C@H](c2ccc(CO)cc2)O[C@H](c2cccc(N)c2)O1. The fourth-order valence-corrected chi connectivity index (χ4v) is 4.40. The van der Waals surface area contributed by atoms with E-state index in [9.17, 15) is 10.2 Å². The number of nitrogen functional groups attached to an aromatic ring is 1. The van der Waals surface area contributed by atoms with E-state index in [0.717, 1.165) is 22.3 Å². The number of aliphatic hydroxyl groups is 2. The van der Waals surface area contributed by atoms with E-state index in [1.165, 1.54) is 0 Å². The van der Waals surface area contributed by atoms with Gasteiger partial charge in [-0.3, -0.25) is 4.90 Å². The summed E-state index contributed by atoms with van der Waals surface area (Å²) < 4.78 is 12.8. The van der Waals surface area contributed by atoms with Gasteiger partial charge in [-0.2, -0.15) is 0 Å². The summed E-state index contributed by atoms with van der Waals surface area (Å²) in [6.07, 6.45) is -0.751. The van der Waals surface area contributed by atoms with Gasteiger partial charge in [0.2, 0.25) is 0 Å². The van der Waals surface area contributed by atoms with Crippen LogP contribution < -0.4 is 5.73 Å². The van der Waals surface area contributed by atoms with E-state index >= 15 is 0 Å². The summed E-state index contributed by atoms with van der Waals surface area (Å²) in [5, 5.41) is 20.3. The molecule has 6 heteroatoms. The largest absolute Gasteiger partial charge is 0.399 e. The molecule has 34 heavy (non-hydrogen) atoms. The summed E-state index contributed by atoms with van der Waals surface area (Å²) in [6, 6.07) is 25.0. The molecular formula is C28H34N2O4. The summed E-state index contributed by atoms with van der Waals surface area (Å²) in [6.45, 7) is 2.67. The highest BCUT2D eigenvalue weighted by Gasteiger charge is 2.34. The molecule has 1 fully saturated rings. The van der Waals surface area contributed by atoms with Gasteiger partial charge < -0.3 is 25.4 Å². The minimum absolute atomic E-state index is 0.00980. The van der Waals surface area contributed by atoms with Crippen LogP contribution >= 0.6 is 0 Å². The van der Waals surface area contributed by atoms with Crippen molar-refractivity contribution in [3.63, 3.8) is 0 Å². The summed E-state index contributed by atoms with van der Waals surface area (Å²) in [7, 11) is 2.01. The van der Waals surface area contributed by atoms with E-state index in [0.29, 0.717) is 18.7 Å². The molecule has 5 atom stereocenters. The lowest BCUT2D eigenvalue weighted by Crippen LogP contribution is -2.43. The van der Waals surface area contributed by atoms with Crippen molar-refractivity contribution in [2.45, 2.75) is 50.6 Å². The van der Waals surface area contributed by atoms with Crippen LogP contribution in [0.3, 0.4) is 0 Å². The lowest BCUT2D eigenvalue weighted by molar-refractivity contribution is -0.253. The Morgan fingerprint density at radius 2 is 1.71 bits per heavy atom. The van der Waals surface area contributed by atoms with Crippen molar-refractivity contribution in [1.29, 1.82) is 0 Å². The normalized spacial score (nSPS) is 22.4. The van der Waals surface area contributed by atoms with Crippen LogP contribution in [0.25, 0.3) is 0 Å². The molecule has 0 spiro atoms. The first-order valence-corrected chi connectivity index (χ1v) is 11.7. The van der Waals surface area contributed by atoms with E-state index in [-0.39, 0.29) is 24.9 Å². The zero-order chi connectivity index (χ0) is 24.1. The summed E-state index contributed by atoms with van der Waals surface area (Å²) >= 11 is 0. The van der Waals surface area contributed by atoms with Gasteiger partial charge in [-0.1, -0.05) is 66.7 Å². The monoisotopic (exact) mass is 462 g/mol. The zero-order valence-corrected chi connectivity index (χ0v) is 19.7. The van der Waals surface area contributed by atoms with Crippen LogP contribution in [0, 0.1) is 0 Å². The molecule has 180 valence electrons. The minimum atomic E-state index is -0.599. The number of hydrogen-bond donors (Lipinski definition) is 3. The number of benzene rings is 3. The molecule has 1 aliphatic heterocycles. The van der Waals surface area contributed by atoms with Gasteiger partial charge in [0, 0.05) is 30.3 Å². The quantitative estimate of drug-likeness (QED) is 0.431. The summed E-state index contributed by atoms with van der Waals surface area (Å²) in [4.78, 5) is 2.13. The van der Waals surface area contributed by atoms with Crippen molar-refractivity contribution in [3.05, 3.63) is 101 Å². The predicted octanol–water partition coefficient (Wildman–Crippen LogP) is 4.36. The fourth-order valence-electron chi connectivity index (χ4n) is 4.40. The Morgan fingerprint density at radius 3 is 2.38 bits per heavy atom. The number of likely N-dealkylation sites (N-methyl/N-ethyl adjacent to an activating group) is 1. The first-order chi connectivity index (χ1) is 16.4. The Hall–Kier alpha value is -2.74. The molecule has 6 nitrogen and oxygen atoms in total. The maximum atomic E-state index is 10.9. The van der Waals surface area contributed by atoms with Gasteiger partial charge in [-0.15, -0.1) is 0 Å². The van der Waals surface area contributed by atoms with Crippen molar-refractivity contribution < 1.29 is 19.7 Å². The second-order valence-electron chi connectivity index (χ2n) is 9.06. The lowest BCUT2D eigenvalue weighted by atomic mass is 9.98. The molecule has 0 aromatic heterocycles. The lowest BCUT2D eigenvalue weighted by Gasteiger charge is -2.39. The Bertz CT molecular complexity index is 1040. The van der Waals surface area contributed by atoms with Crippen molar-refractivity contribution in [1.82, 2.24) is 4.90 Å². The number of nitrogens with zero attached hydrogens (tertiary/aromatic N) is 1. The van der Waals surface area contributed by atoms with Crippen LogP contribution in [-0.2, 0) is 16.1 Å². The van der Waals surface area contributed by atoms with E-state index in [1.54, 1.807) is 0 Å². The molecule has 0 radical (unpaired) electrons. The Kier molecular flexibility index (Phi) is 7.98. The summed E-state index contributed by atoms with van der Waals surface area (Å²) in [5.41, 5.74) is 10.4. The molecular weight excluding hydrogens is 428 g/mol. The van der Waals surface area contributed by atoms with Crippen LogP contribution in [0.5, 0.6) is 0 Å². The molecule has 0 saturated carbocycles. The van der Waals surface area contributed by atoms with Crippen LogP contribution in [0.2, 0.25) is 0 Å². The van der Waals surface area contributed by atoms with Crippen LogP contribution in [0.1, 0.15) is 54.1 Å². The van der Waals surface area contributed by atoms with E-state index in [2.05, 4.69) is 4.90 Å². The second-order valence-corrected chi connectivity index (χ2v) is 9.06. The van der Waals surface area contributed by atoms with Gasteiger partial charge in [0.15, 0.2) is 6.29 Å². The number of ether oxygens (including phenoxy) is 2. The molecule has 1 saturated heterocycles. The number of nitrogens with two attached hydrogens (primary N) is 1. The maximum absolute atomic E-state index is 10.9. The number of anilines is 1. The third kappa shape index (κ3) is 5.84. The minimum Gasteiger partial charge on any atom is -0.399 e. The van der Waals surface area contributed by atoms with Crippen molar-refractivity contribution in [2.75, 3.05) is 19.3 Å². The van der Waals surface area contributed by atoms with Crippen molar-refractivity contribution in [2.24, 2.45) is 0 Å². The number of aliphatic hydroxyl groups excluding tert-OH is 2. The Balaban J connectivity index is 1.52. The average Bonchev–Trinajstić information content (AvgIpc) is 2.88. The first kappa shape index (κ1) is 24.4. The van der Waals surface area contributed by atoms with Crippen LogP contribution in [-0.4, -0.2) is 40.9 Å².